The number of unbranched alkanes of at least 4 members (excludes halogenated alkanes) is 1. The lowest BCUT2D eigenvalue weighted by atomic mass is 10.1. The number of hydrogen-bond donors (Lipinski definition) is 2. The number of hydrogen-bond acceptors (Lipinski definition) is 4. The Hall–Kier alpha value is -1.94. The van der Waals surface area contributed by atoms with Gasteiger partial charge in [0.05, 0.1) is 5.69 Å². The van der Waals surface area contributed by atoms with Crippen LogP contribution in [0.25, 0.3) is 0 Å². The van der Waals surface area contributed by atoms with E-state index in [4.69, 9.17) is 5.73 Å². The summed E-state index contributed by atoms with van der Waals surface area (Å²) in [5.41, 5.74) is 8.75. The summed E-state index contributed by atoms with van der Waals surface area (Å²) in [5, 5.41) is 3.18. The van der Waals surface area contributed by atoms with Crippen molar-refractivity contribution in [3.8, 4) is 0 Å². The maximum absolute atomic E-state index is 5.56. The lowest BCUT2D eigenvalue weighted by Gasteiger charge is -2.07. The van der Waals surface area contributed by atoms with Crippen molar-refractivity contribution in [2.24, 2.45) is 5.73 Å². The molecular formula is C15H20N4. The Morgan fingerprint density at radius 1 is 1.16 bits per heavy atom. The first-order valence-electron chi connectivity index (χ1n) is 6.69. The van der Waals surface area contributed by atoms with Gasteiger partial charge in [-0.15, -0.1) is 0 Å². The van der Waals surface area contributed by atoms with Gasteiger partial charge in [-0.05, 0) is 36.6 Å². The third-order valence-corrected chi connectivity index (χ3v) is 2.95. The van der Waals surface area contributed by atoms with Crippen LogP contribution in [0.4, 0.5) is 11.6 Å². The second kappa shape index (κ2) is 6.85. The second-order valence-corrected chi connectivity index (χ2v) is 4.50. The molecule has 4 heteroatoms. The molecule has 100 valence electrons. The Morgan fingerprint density at radius 3 is 2.63 bits per heavy atom. The van der Waals surface area contributed by atoms with E-state index in [0.717, 1.165) is 17.8 Å². The van der Waals surface area contributed by atoms with Gasteiger partial charge in [0.1, 0.15) is 0 Å². The molecule has 1 aromatic heterocycles. The van der Waals surface area contributed by atoms with Crippen LogP contribution in [0.15, 0.2) is 36.5 Å². The van der Waals surface area contributed by atoms with Crippen molar-refractivity contribution in [2.45, 2.75) is 32.7 Å². The van der Waals surface area contributed by atoms with E-state index in [2.05, 4.69) is 46.5 Å². The van der Waals surface area contributed by atoms with Crippen molar-refractivity contribution in [1.82, 2.24) is 9.97 Å². The normalized spacial score (nSPS) is 10.4. The Labute approximate surface area is 114 Å². The van der Waals surface area contributed by atoms with Gasteiger partial charge in [-0.3, -0.25) is 0 Å². The van der Waals surface area contributed by atoms with Gasteiger partial charge in [-0.1, -0.05) is 25.5 Å². The molecule has 0 aliphatic carbocycles. The molecule has 0 unspecified atom stereocenters. The summed E-state index contributed by atoms with van der Waals surface area (Å²) in [5.74, 6) is 0.587. The zero-order valence-corrected chi connectivity index (χ0v) is 11.3. The van der Waals surface area contributed by atoms with Crippen LogP contribution in [-0.4, -0.2) is 9.97 Å². The van der Waals surface area contributed by atoms with Crippen LogP contribution in [0, 0.1) is 0 Å². The minimum atomic E-state index is 0.424. The predicted octanol–water partition coefficient (Wildman–Crippen LogP) is 3.02. The first-order valence-corrected chi connectivity index (χ1v) is 6.69. The molecule has 0 atom stereocenters. The Kier molecular flexibility index (Phi) is 4.86. The quantitative estimate of drug-likeness (QED) is 0.834. The smallest absolute Gasteiger partial charge is 0.227 e. The predicted molar refractivity (Wildman–Crippen MR) is 78.3 cm³/mol. The topological polar surface area (TPSA) is 63.8 Å². The molecule has 0 aliphatic heterocycles. The number of nitrogens with zero attached hydrogens (tertiary/aromatic N) is 2. The van der Waals surface area contributed by atoms with Gasteiger partial charge in [-0.25, -0.2) is 9.97 Å². The number of nitrogens with one attached hydrogen (secondary N) is 1. The molecule has 0 spiro atoms. The summed E-state index contributed by atoms with van der Waals surface area (Å²) in [7, 11) is 0. The van der Waals surface area contributed by atoms with E-state index in [-0.39, 0.29) is 0 Å². The molecule has 1 aromatic carbocycles. The first kappa shape index (κ1) is 13.5. The van der Waals surface area contributed by atoms with E-state index in [1.165, 1.54) is 18.4 Å². The minimum absolute atomic E-state index is 0.424. The van der Waals surface area contributed by atoms with Crippen LogP contribution in [0.5, 0.6) is 0 Å². The number of rotatable bonds is 6. The molecule has 0 saturated heterocycles. The van der Waals surface area contributed by atoms with Crippen LogP contribution in [0.1, 0.15) is 31.0 Å². The molecule has 4 nitrogen and oxygen atoms in total. The van der Waals surface area contributed by atoms with Crippen LogP contribution in [0.3, 0.4) is 0 Å². The van der Waals surface area contributed by atoms with Gasteiger partial charge >= 0.3 is 0 Å². The summed E-state index contributed by atoms with van der Waals surface area (Å²) in [6, 6.07) is 10.2. The number of aromatic nitrogens is 2. The van der Waals surface area contributed by atoms with Crippen molar-refractivity contribution < 1.29 is 0 Å². The molecule has 0 bridgehead atoms. The van der Waals surface area contributed by atoms with E-state index in [1.54, 1.807) is 6.20 Å². The summed E-state index contributed by atoms with van der Waals surface area (Å²) in [4.78, 5) is 8.49. The van der Waals surface area contributed by atoms with Crippen molar-refractivity contribution >= 4 is 11.6 Å². The average molecular weight is 256 g/mol. The van der Waals surface area contributed by atoms with Crippen molar-refractivity contribution in [2.75, 3.05) is 5.32 Å². The average Bonchev–Trinajstić information content (AvgIpc) is 2.47. The van der Waals surface area contributed by atoms with E-state index in [1.807, 2.05) is 6.07 Å². The van der Waals surface area contributed by atoms with Gasteiger partial charge in [0.25, 0.3) is 0 Å². The summed E-state index contributed by atoms with van der Waals surface area (Å²) >= 11 is 0. The zero-order chi connectivity index (χ0) is 13.5. The van der Waals surface area contributed by atoms with Gasteiger partial charge in [0, 0.05) is 18.4 Å². The van der Waals surface area contributed by atoms with Crippen molar-refractivity contribution in [1.29, 1.82) is 0 Å². The highest BCUT2D eigenvalue weighted by Gasteiger charge is 1.99. The van der Waals surface area contributed by atoms with E-state index in [0.29, 0.717) is 12.5 Å². The van der Waals surface area contributed by atoms with Gasteiger partial charge < -0.3 is 11.1 Å². The van der Waals surface area contributed by atoms with E-state index in [9.17, 15) is 0 Å². The number of aryl methyl sites for hydroxylation is 1. The number of benzene rings is 1. The molecule has 2 aromatic rings. The van der Waals surface area contributed by atoms with Crippen molar-refractivity contribution in [3.05, 3.63) is 47.8 Å². The molecule has 19 heavy (non-hydrogen) atoms. The fourth-order valence-corrected chi connectivity index (χ4v) is 1.83. The van der Waals surface area contributed by atoms with Gasteiger partial charge in [0.2, 0.25) is 5.95 Å². The standard InChI is InChI=1S/C15H20N4/c1-2-3-4-12-5-7-13(8-6-12)18-15-17-10-9-14(11-16)19-15/h5-10H,2-4,11,16H2,1H3,(H,17,18,19). The third-order valence-electron chi connectivity index (χ3n) is 2.95. The molecule has 2 rings (SSSR count). The van der Waals surface area contributed by atoms with Gasteiger partial charge in [-0.2, -0.15) is 0 Å². The Balaban J connectivity index is 2.02. The third kappa shape index (κ3) is 4.03. The first-order chi connectivity index (χ1) is 9.31. The minimum Gasteiger partial charge on any atom is -0.325 e. The largest absolute Gasteiger partial charge is 0.325 e. The molecule has 0 fully saturated rings. The highest BCUT2D eigenvalue weighted by molar-refractivity contribution is 5.53. The number of anilines is 2. The monoisotopic (exact) mass is 256 g/mol. The van der Waals surface area contributed by atoms with E-state index < -0.39 is 0 Å². The molecule has 0 saturated carbocycles. The zero-order valence-electron chi connectivity index (χ0n) is 11.3. The lowest BCUT2D eigenvalue weighted by molar-refractivity contribution is 0.795. The molecule has 3 N–H and O–H groups in total. The second-order valence-electron chi connectivity index (χ2n) is 4.50. The molecule has 0 amide bonds. The van der Waals surface area contributed by atoms with Crippen LogP contribution >= 0.6 is 0 Å². The summed E-state index contributed by atoms with van der Waals surface area (Å²) < 4.78 is 0. The summed E-state index contributed by atoms with van der Waals surface area (Å²) in [6.07, 6.45) is 5.30. The molecule has 1 heterocycles. The fourth-order valence-electron chi connectivity index (χ4n) is 1.83. The SMILES string of the molecule is CCCCc1ccc(Nc2nccc(CN)n2)cc1. The lowest BCUT2D eigenvalue weighted by Crippen LogP contribution is -2.03. The van der Waals surface area contributed by atoms with Crippen LogP contribution in [-0.2, 0) is 13.0 Å². The highest BCUT2D eigenvalue weighted by Crippen LogP contribution is 2.15. The maximum atomic E-state index is 5.56. The van der Waals surface area contributed by atoms with Crippen LogP contribution in [0.2, 0.25) is 0 Å². The summed E-state index contributed by atoms with van der Waals surface area (Å²) in [6.45, 7) is 2.63. The Morgan fingerprint density at radius 2 is 1.95 bits per heavy atom. The van der Waals surface area contributed by atoms with Crippen LogP contribution < -0.4 is 11.1 Å². The van der Waals surface area contributed by atoms with E-state index >= 15 is 0 Å². The van der Waals surface area contributed by atoms with Gasteiger partial charge in [0.15, 0.2) is 0 Å². The molecule has 0 aliphatic rings. The Bertz CT molecular complexity index is 508. The highest BCUT2D eigenvalue weighted by atomic mass is 15.1. The van der Waals surface area contributed by atoms with Crippen molar-refractivity contribution in [3.63, 3.8) is 0 Å². The maximum Gasteiger partial charge on any atom is 0.227 e. The number of nitrogens with two attached hydrogens (primary N) is 1. The molecule has 0 radical (unpaired) electrons. The fraction of sp³-hybridized carbons (Fsp3) is 0.333. The molecular weight excluding hydrogens is 236 g/mol.